The fourth-order valence-corrected chi connectivity index (χ4v) is 2.46. The second-order valence-electron chi connectivity index (χ2n) is 5.75. The highest BCUT2D eigenvalue weighted by Crippen LogP contribution is 2.19. The zero-order valence-electron chi connectivity index (χ0n) is 14.1. The van der Waals surface area contributed by atoms with E-state index in [4.69, 9.17) is 0 Å². The van der Waals surface area contributed by atoms with E-state index >= 15 is 0 Å². The van der Waals surface area contributed by atoms with Gasteiger partial charge in [0.25, 0.3) is 5.56 Å². The summed E-state index contributed by atoms with van der Waals surface area (Å²) in [4.78, 5) is 24.0. The molecule has 1 atom stereocenters. The van der Waals surface area contributed by atoms with Gasteiger partial charge in [0.05, 0.1) is 11.7 Å². The summed E-state index contributed by atoms with van der Waals surface area (Å²) >= 11 is 0. The largest absolute Gasteiger partial charge is 0.331 e. The van der Waals surface area contributed by atoms with E-state index in [-0.39, 0.29) is 17.6 Å². The third kappa shape index (κ3) is 4.59. The average molecular weight is 325 g/mol. The van der Waals surface area contributed by atoms with Crippen molar-refractivity contribution in [2.75, 3.05) is 5.32 Å². The highest BCUT2D eigenvalue weighted by atomic mass is 16.2. The van der Waals surface area contributed by atoms with Crippen LogP contribution in [-0.2, 0) is 7.05 Å². The molecule has 0 radical (unpaired) electrons. The minimum absolute atomic E-state index is 0.1000. The smallest absolute Gasteiger partial charge is 0.319 e. The highest BCUT2D eigenvalue weighted by Gasteiger charge is 2.14. The lowest BCUT2D eigenvalue weighted by atomic mass is 10.0. The number of allylic oxidation sites excluding steroid dienone is 1. The van der Waals surface area contributed by atoms with E-state index < -0.39 is 0 Å². The maximum absolute atomic E-state index is 12.4. The first-order chi connectivity index (χ1) is 11.5. The lowest BCUT2D eigenvalue weighted by Crippen LogP contribution is -2.33. The van der Waals surface area contributed by atoms with Crippen LogP contribution < -0.4 is 16.2 Å². The Morgan fingerprint density at radius 2 is 2.04 bits per heavy atom. The molecular weight excluding hydrogens is 302 g/mol. The average Bonchev–Trinajstić information content (AvgIpc) is 2.57. The van der Waals surface area contributed by atoms with Crippen molar-refractivity contribution in [3.05, 3.63) is 76.7 Å². The maximum atomic E-state index is 12.4. The Balaban J connectivity index is 2.12. The molecule has 1 heterocycles. The summed E-state index contributed by atoms with van der Waals surface area (Å²) in [6.45, 7) is 5.54. The molecule has 1 aromatic carbocycles. The minimum Gasteiger partial charge on any atom is -0.331 e. The van der Waals surface area contributed by atoms with E-state index in [0.717, 1.165) is 24.0 Å². The number of nitrogens with one attached hydrogen (secondary N) is 2. The number of carbonyl (C=O) groups is 1. The zero-order chi connectivity index (χ0) is 17.5. The topological polar surface area (TPSA) is 63.1 Å². The second-order valence-corrected chi connectivity index (χ2v) is 5.75. The zero-order valence-corrected chi connectivity index (χ0v) is 14.1. The number of amides is 2. The van der Waals surface area contributed by atoms with Gasteiger partial charge in [-0.25, -0.2) is 4.79 Å². The Morgan fingerprint density at radius 1 is 1.33 bits per heavy atom. The molecule has 24 heavy (non-hydrogen) atoms. The Morgan fingerprint density at radius 3 is 2.71 bits per heavy atom. The van der Waals surface area contributed by atoms with Crippen LogP contribution in [0.1, 0.15) is 30.0 Å². The Labute approximate surface area is 142 Å². The van der Waals surface area contributed by atoms with Gasteiger partial charge in [-0.2, -0.15) is 0 Å². The summed E-state index contributed by atoms with van der Waals surface area (Å²) in [6, 6.07) is 10.9. The van der Waals surface area contributed by atoms with Crippen LogP contribution >= 0.6 is 0 Å². The van der Waals surface area contributed by atoms with E-state index in [0.29, 0.717) is 5.69 Å². The molecule has 0 aliphatic carbocycles. The minimum atomic E-state index is -0.297. The van der Waals surface area contributed by atoms with Crippen molar-refractivity contribution in [1.82, 2.24) is 9.88 Å². The van der Waals surface area contributed by atoms with Crippen molar-refractivity contribution >= 4 is 11.7 Å². The number of nitrogens with zero attached hydrogens (tertiary/aromatic N) is 1. The molecule has 0 aliphatic heterocycles. The maximum Gasteiger partial charge on any atom is 0.319 e. The predicted octanol–water partition coefficient (Wildman–Crippen LogP) is 3.52. The van der Waals surface area contributed by atoms with Gasteiger partial charge in [0.1, 0.15) is 0 Å². The van der Waals surface area contributed by atoms with Crippen molar-refractivity contribution in [3.8, 4) is 0 Å². The number of hydrogen-bond acceptors (Lipinski definition) is 2. The molecule has 2 amide bonds. The van der Waals surface area contributed by atoms with Crippen LogP contribution in [0.5, 0.6) is 0 Å². The molecule has 0 unspecified atom stereocenters. The quantitative estimate of drug-likeness (QED) is 0.798. The van der Waals surface area contributed by atoms with Gasteiger partial charge in [0.2, 0.25) is 0 Å². The lowest BCUT2D eigenvalue weighted by molar-refractivity contribution is 0.248. The number of pyridine rings is 1. The number of anilines is 1. The van der Waals surface area contributed by atoms with Gasteiger partial charge in [-0.1, -0.05) is 36.4 Å². The van der Waals surface area contributed by atoms with E-state index in [1.54, 1.807) is 20.2 Å². The third-order valence-corrected chi connectivity index (χ3v) is 3.85. The molecule has 0 saturated carbocycles. The highest BCUT2D eigenvalue weighted by molar-refractivity contribution is 5.90. The van der Waals surface area contributed by atoms with Gasteiger partial charge in [0, 0.05) is 19.3 Å². The Hall–Kier alpha value is -2.82. The first-order valence-electron chi connectivity index (χ1n) is 7.92. The molecule has 0 bridgehead atoms. The molecule has 0 aliphatic rings. The molecular formula is C19H23N3O2. The molecule has 2 N–H and O–H groups in total. The molecule has 0 spiro atoms. The van der Waals surface area contributed by atoms with E-state index in [1.807, 2.05) is 36.4 Å². The van der Waals surface area contributed by atoms with E-state index in [2.05, 4.69) is 17.2 Å². The van der Waals surface area contributed by atoms with Gasteiger partial charge >= 0.3 is 6.03 Å². The number of benzene rings is 1. The number of carbonyl (C=O) groups excluding carboxylic acids is 1. The molecule has 0 fully saturated rings. The second kappa shape index (κ2) is 8.15. The fourth-order valence-electron chi connectivity index (χ4n) is 2.46. The number of aryl methyl sites for hydroxylation is 2. The number of aromatic nitrogens is 1. The van der Waals surface area contributed by atoms with E-state index in [1.165, 1.54) is 10.6 Å². The van der Waals surface area contributed by atoms with Crippen LogP contribution in [-0.4, -0.2) is 10.6 Å². The molecule has 5 heteroatoms. The van der Waals surface area contributed by atoms with Gasteiger partial charge in [-0.15, -0.1) is 6.58 Å². The Bertz CT molecular complexity index is 766. The summed E-state index contributed by atoms with van der Waals surface area (Å²) in [6.07, 6.45) is 5.04. The third-order valence-electron chi connectivity index (χ3n) is 3.85. The molecule has 2 aromatic rings. The summed E-state index contributed by atoms with van der Waals surface area (Å²) in [5.41, 5.74) is 2.29. The van der Waals surface area contributed by atoms with Gasteiger partial charge < -0.3 is 15.2 Å². The normalized spacial score (nSPS) is 11.6. The molecule has 0 saturated heterocycles. The van der Waals surface area contributed by atoms with Crippen molar-refractivity contribution in [1.29, 1.82) is 0 Å². The van der Waals surface area contributed by atoms with Crippen LogP contribution in [0.4, 0.5) is 10.5 Å². The lowest BCUT2D eigenvalue weighted by Gasteiger charge is -2.19. The van der Waals surface area contributed by atoms with Crippen LogP contribution in [0.3, 0.4) is 0 Å². The molecule has 5 nitrogen and oxygen atoms in total. The van der Waals surface area contributed by atoms with Crippen LogP contribution in [0.25, 0.3) is 0 Å². The molecule has 2 rings (SSSR count). The standard InChI is InChI=1S/C19H23N3O2/c1-4-5-11-16(15-9-7-6-8-10-15)20-19(24)21-17-13-22(3)18(23)12-14(17)2/h4,6-10,12-13,16H,1,5,11H2,2-3H3,(H2,20,21,24)/t16-/m0/s1. The summed E-state index contributed by atoms with van der Waals surface area (Å²) < 4.78 is 1.44. The van der Waals surface area contributed by atoms with Crippen molar-refractivity contribution in [2.24, 2.45) is 7.05 Å². The van der Waals surface area contributed by atoms with Gasteiger partial charge in [0.15, 0.2) is 0 Å². The SMILES string of the molecule is C=CCC[C@H](NC(=O)Nc1cn(C)c(=O)cc1C)c1ccccc1. The van der Waals surface area contributed by atoms with Crippen molar-refractivity contribution in [2.45, 2.75) is 25.8 Å². The number of urea groups is 1. The van der Waals surface area contributed by atoms with E-state index in [9.17, 15) is 9.59 Å². The van der Waals surface area contributed by atoms with Gasteiger partial charge in [-0.05, 0) is 30.9 Å². The van der Waals surface area contributed by atoms with Crippen LogP contribution in [0, 0.1) is 6.92 Å². The summed E-state index contributed by atoms with van der Waals surface area (Å²) in [5, 5.41) is 5.81. The predicted molar refractivity (Wildman–Crippen MR) is 97.2 cm³/mol. The molecule has 1 aromatic heterocycles. The summed E-state index contributed by atoms with van der Waals surface area (Å²) in [5.74, 6) is 0. The summed E-state index contributed by atoms with van der Waals surface area (Å²) in [7, 11) is 1.65. The molecule has 126 valence electrons. The van der Waals surface area contributed by atoms with Gasteiger partial charge in [-0.3, -0.25) is 4.79 Å². The number of hydrogen-bond donors (Lipinski definition) is 2. The van der Waals surface area contributed by atoms with Crippen molar-refractivity contribution in [3.63, 3.8) is 0 Å². The fraction of sp³-hybridized carbons (Fsp3) is 0.263. The first kappa shape index (κ1) is 17.5. The Kier molecular flexibility index (Phi) is 5.95. The monoisotopic (exact) mass is 325 g/mol. The number of rotatable bonds is 6. The van der Waals surface area contributed by atoms with Crippen LogP contribution in [0.15, 0.2) is 60.0 Å². The van der Waals surface area contributed by atoms with Crippen LogP contribution in [0.2, 0.25) is 0 Å². The van der Waals surface area contributed by atoms with Crippen molar-refractivity contribution < 1.29 is 4.79 Å². The first-order valence-corrected chi connectivity index (χ1v) is 7.92.